The van der Waals surface area contributed by atoms with E-state index in [1.807, 2.05) is 0 Å². The standard InChI is InChI=1S/C14H20F3N3O4/c1-24-13(23)20-8-6-18(7-9-20)11(21)10-2-4-19(5-3-10)12(22)14(15,16)17/h10H,2-9H2,1H3. The van der Waals surface area contributed by atoms with Crippen molar-refractivity contribution in [3.05, 3.63) is 0 Å². The predicted molar refractivity (Wildman–Crippen MR) is 75.9 cm³/mol. The molecule has 2 aliphatic heterocycles. The molecule has 0 aromatic rings. The monoisotopic (exact) mass is 351 g/mol. The van der Waals surface area contributed by atoms with Crippen molar-refractivity contribution < 1.29 is 32.3 Å². The van der Waals surface area contributed by atoms with E-state index in [1.54, 1.807) is 4.90 Å². The summed E-state index contributed by atoms with van der Waals surface area (Å²) in [7, 11) is 1.29. The van der Waals surface area contributed by atoms with Crippen molar-refractivity contribution in [1.29, 1.82) is 0 Å². The molecule has 7 nitrogen and oxygen atoms in total. The lowest BCUT2D eigenvalue weighted by molar-refractivity contribution is -0.187. The first kappa shape index (κ1) is 18.3. The maximum Gasteiger partial charge on any atom is 0.471 e. The quantitative estimate of drug-likeness (QED) is 0.697. The summed E-state index contributed by atoms with van der Waals surface area (Å²) in [6, 6.07) is 0. The molecule has 0 unspecified atom stereocenters. The SMILES string of the molecule is COC(=O)N1CCN(C(=O)C2CCN(C(=O)C(F)(F)F)CC2)CC1. The van der Waals surface area contributed by atoms with Gasteiger partial charge in [-0.1, -0.05) is 0 Å². The molecule has 2 rings (SSSR count). The number of likely N-dealkylation sites (tertiary alicyclic amines) is 1. The van der Waals surface area contributed by atoms with Crippen LogP contribution >= 0.6 is 0 Å². The Labute approximate surface area is 137 Å². The Morgan fingerprint density at radius 2 is 1.38 bits per heavy atom. The van der Waals surface area contributed by atoms with Gasteiger partial charge in [0, 0.05) is 45.2 Å². The minimum atomic E-state index is -4.87. The van der Waals surface area contributed by atoms with Crippen molar-refractivity contribution in [3.63, 3.8) is 0 Å². The number of amides is 3. The molecular formula is C14H20F3N3O4. The number of hydrogen-bond donors (Lipinski definition) is 0. The topological polar surface area (TPSA) is 70.2 Å². The Hall–Kier alpha value is -2.00. The van der Waals surface area contributed by atoms with E-state index in [4.69, 9.17) is 0 Å². The van der Waals surface area contributed by atoms with Crippen LogP contribution in [0.5, 0.6) is 0 Å². The number of halogens is 3. The van der Waals surface area contributed by atoms with E-state index < -0.39 is 18.2 Å². The Bertz CT molecular complexity index is 496. The number of piperidine rings is 1. The highest BCUT2D eigenvalue weighted by molar-refractivity contribution is 5.83. The van der Waals surface area contributed by atoms with Crippen LogP contribution < -0.4 is 0 Å². The van der Waals surface area contributed by atoms with Gasteiger partial charge in [0.2, 0.25) is 5.91 Å². The molecule has 3 amide bonds. The first-order valence-electron chi connectivity index (χ1n) is 7.72. The van der Waals surface area contributed by atoms with E-state index in [9.17, 15) is 27.6 Å². The summed E-state index contributed by atoms with van der Waals surface area (Å²) in [6.07, 6.45) is -4.88. The zero-order valence-electron chi connectivity index (χ0n) is 13.3. The first-order chi connectivity index (χ1) is 11.2. The Morgan fingerprint density at radius 3 is 1.83 bits per heavy atom. The van der Waals surface area contributed by atoms with E-state index in [0.717, 1.165) is 4.90 Å². The van der Waals surface area contributed by atoms with Crippen LogP contribution in [-0.4, -0.2) is 85.2 Å². The number of ether oxygens (including phenoxy) is 1. The number of carbonyl (C=O) groups is 3. The minimum absolute atomic E-state index is 0.0725. The second-order valence-electron chi connectivity index (χ2n) is 5.85. The molecule has 0 aliphatic carbocycles. The molecule has 0 aromatic carbocycles. The first-order valence-corrected chi connectivity index (χ1v) is 7.72. The van der Waals surface area contributed by atoms with Gasteiger partial charge in [-0.2, -0.15) is 13.2 Å². The number of piperazine rings is 1. The lowest BCUT2D eigenvalue weighted by atomic mass is 9.95. The maximum atomic E-state index is 12.4. The molecule has 10 heteroatoms. The van der Waals surface area contributed by atoms with Gasteiger partial charge in [0.15, 0.2) is 0 Å². The maximum absolute atomic E-state index is 12.4. The Kier molecular flexibility index (Phi) is 5.55. The third-order valence-corrected chi connectivity index (χ3v) is 4.40. The summed E-state index contributed by atoms with van der Waals surface area (Å²) in [5.41, 5.74) is 0. The summed E-state index contributed by atoms with van der Waals surface area (Å²) in [5, 5.41) is 0. The van der Waals surface area contributed by atoms with Gasteiger partial charge in [-0.25, -0.2) is 4.79 Å². The van der Waals surface area contributed by atoms with Gasteiger partial charge >= 0.3 is 18.2 Å². The van der Waals surface area contributed by atoms with E-state index in [-0.39, 0.29) is 37.8 Å². The summed E-state index contributed by atoms with van der Waals surface area (Å²) in [6.45, 7) is 1.33. The van der Waals surface area contributed by atoms with Crippen LogP contribution in [0.1, 0.15) is 12.8 Å². The number of carbonyl (C=O) groups excluding carboxylic acids is 3. The van der Waals surface area contributed by atoms with E-state index in [1.165, 1.54) is 12.0 Å². The fourth-order valence-corrected chi connectivity index (χ4v) is 3.01. The molecule has 0 atom stereocenters. The number of nitrogens with zero attached hydrogens (tertiary/aromatic N) is 3. The fraction of sp³-hybridized carbons (Fsp3) is 0.786. The molecule has 0 N–H and O–H groups in total. The third-order valence-electron chi connectivity index (χ3n) is 4.40. The van der Waals surface area contributed by atoms with E-state index in [2.05, 4.69) is 4.74 Å². The highest BCUT2D eigenvalue weighted by Crippen LogP contribution is 2.25. The Balaban J connectivity index is 1.81. The van der Waals surface area contributed by atoms with Crippen LogP contribution in [0.15, 0.2) is 0 Å². The summed E-state index contributed by atoms with van der Waals surface area (Å²) < 4.78 is 41.8. The molecule has 136 valence electrons. The zero-order chi connectivity index (χ0) is 17.9. The van der Waals surface area contributed by atoms with Gasteiger partial charge in [-0.05, 0) is 12.8 Å². The Morgan fingerprint density at radius 1 is 0.875 bits per heavy atom. The third kappa shape index (κ3) is 4.09. The molecule has 0 bridgehead atoms. The van der Waals surface area contributed by atoms with Crippen LogP contribution in [0, 0.1) is 5.92 Å². The molecule has 0 spiro atoms. The van der Waals surface area contributed by atoms with Crippen molar-refractivity contribution in [2.24, 2.45) is 5.92 Å². The fourth-order valence-electron chi connectivity index (χ4n) is 3.01. The summed E-state index contributed by atoms with van der Waals surface area (Å²) in [5.74, 6) is -2.36. The lowest BCUT2D eigenvalue weighted by Crippen LogP contribution is -2.53. The van der Waals surface area contributed by atoms with Crippen LogP contribution in [0.4, 0.5) is 18.0 Å². The van der Waals surface area contributed by atoms with Crippen LogP contribution in [0.3, 0.4) is 0 Å². The van der Waals surface area contributed by atoms with Crippen LogP contribution in [0.25, 0.3) is 0 Å². The molecule has 0 aromatic heterocycles. The minimum Gasteiger partial charge on any atom is -0.453 e. The van der Waals surface area contributed by atoms with Crippen LogP contribution in [-0.2, 0) is 14.3 Å². The number of alkyl halides is 3. The predicted octanol–water partition coefficient (Wildman–Crippen LogP) is 0.698. The number of hydrogen-bond acceptors (Lipinski definition) is 4. The number of rotatable bonds is 1. The second kappa shape index (κ2) is 7.27. The molecule has 2 fully saturated rings. The van der Waals surface area contributed by atoms with Crippen molar-refractivity contribution >= 4 is 17.9 Å². The van der Waals surface area contributed by atoms with Gasteiger partial charge in [0.25, 0.3) is 0 Å². The summed E-state index contributed by atoms with van der Waals surface area (Å²) >= 11 is 0. The van der Waals surface area contributed by atoms with Crippen molar-refractivity contribution in [1.82, 2.24) is 14.7 Å². The normalized spacial score (nSPS) is 20.1. The van der Waals surface area contributed by atoms with Crippen LogP contribution in [0.2, 0.25) is 0 Å². The highest BCUT2D eigenvalue weighted by Gasteiger charge is 2.44. The largest absolute Gasteiger partial charge is 0.471 e. The zero-order valence-corrected chi connectivity index (χ0v) is 13.3. The van der Waals surface area contributed by atoms with E-state index in [0.29, 0.717) is 26.2 Å². The molecular weight excluding hydrogens is 331 g/mol. The van der Waals surface area contributed by atoms with Gasteiger partial charge in [-0.3, -0.25) is 9.59 Å². The van der Waals surface area contributed by atoms with Gasteiger partial charge in [0.05, 0.1) is 7.11 Å². The molecule has 2 aliphatic rings. The average Bonchev–Trinajstić information content (AvgIpc) is 2.59. The number of methoxy groups -OCH3 is 1. The smallest absolute Gasteiger partial charge is 0.453 e. The lowest BCUT2D eigenvalue weighted by Gasteiger charge is -2.38. The van der Waals surface area contributed by atoms with Gasteiger partial charge in [0.1, 0.15) is 0 Å². The summed E-state index contributed by atoms with van der Waals surface area (Å²) in [4.78, 5) is 38.9. The molecule has 24 heavy (non-hydrogen) atoms. The molecule has 0 radical (unpaired) electrons. The average molecular weight is 351 g/mol. The van der Waals surface area contributed by atoms with Crippen molar-refractivity contribution in [3.8, 4) is 0 Å². The molecule has 2 saturated heterocycles. The van der Waals surface area contributed by atoms with Crippen molar-refractivity contribution in [2.45, 2.75) is 19.0 Å². The van der Waals surface area contributed by atoms with Gasteiger partial charge < -0.3 is 19.4 Å². The molecule has 0 saturated carbocycles. The van der Waals surface area contributed by atoms with Crippen molar-refractivity contribution in [2.75, 3.05) is 46.4 Å². The van der Waals surface area contributed by atoms with Gasteiger partial charge in [-0.15, -0.1) is 0 Å². The molecule has 2 heterocycles. The second-order valence-corrected chi connectivity index (χ2v) is 5.85. The highest BCUT2D eigenvalue weighted by atomic mass is 19.4. The van der Waals surface area contributed by atoms with E-state index >= 15 is 0 Å².